The summed E-state index contributed by atoms with van der Waals surface area (Å²) in [4.78, 5) is 2.76. The van der Waals surface area contributed by atoms with E-state index in [-0.39, 0.29) is 0 Å². The number of hydrogen-bond acceptors (Lipinski definition) is 2. The van der Waals surface area contributed by atoms with Gasteiger partial charge in [0, 0.05) is 18.6 Å². The van der Waals surface area contributed by atoms with Gasteiger partial charge in [0.2, 0.25) is 0 Å². The van der Waals surface area contributed by atoms with Gasteiger partial charge in [-0.3, -0.25) is 4.90 Å². The fourth-order valence-corrected chi connectivity index (χ4v) is 3.14. The lowest BCUT2D eigenvalue weighted by Crippen LogP contribution is -2.48. The largest absolute Gasteiger partial charge is 0.315 e. The minimum absolute atomic E-state index is 0.822. The van der Waals surface area contributed by atoms with Gasteiger partial charge in [0.1, 0.15) is 0 Å². The van der Waals surface area contributed by atoms with Gasteiger partial charge in [-0.15, -0.1) is 0 Å². The highest BCUT2D eigenvalue weighted by Crippen LogP contribution is 2.26. The van der Waals surface area contributed by atoms with E-state index >= 15 is 0 Å². The first-order valence-corrected chi connectivity index (χ1v) is 6.29. The predicted octanol–water partition coefficient (Wildman–Crippen LogP) is 1.86. The third-order valence-corrected chi connectivity index (χ3v) is 4.11. The lowest BCUT2D eigenvalue weighted by atomic mass is 9.94. The van der Waals surface area contributed by atoms with E-state index in [0.29, 0.717) is 0 Å². The molecule has 0 radical (unpaired) electrons. The molecular formula is C12H24N2. The maximum absolute atomic E-state index is 3.55. The normalized spacial score (nSPS) is 40.3. The summed E-state index contributed by atoms with van der Waals surface area (Å²) in [7, 11) is 0. The van der Waals surface area contributed by atoms with Crippen molar-refractivity contribution in [3.05, 3.63) is 0 Å². The summed E-state index contributed by atoms with van der Waals surface area (Å²) in [6, 6.07) is 1.65. The van der Waals surface area contributed by atoms with E-state index < -0.39 is 0 Å². The van der Waals surface area contributed by atoms with Crippen LogP contribution in [0.5, 0.6) is 0 Å². The van der Waals surface area contributed by atoms with Crippen molar-refractivity contribution < 1.29 is 0 Å². The second-order valence-electron chi connectivity index (χ2n) is 4.98. The van der Waals surface area contributed by atoms with E-state index in [1.165, 1.54) is 45.3 Å². The zero-order valence-corrected chi connectivity index (χ0v) is 9.63. The van der Waals surface area contributed by atoms with Gasteiger partial charge in [-0.2, -0.15) is 0 Å². The topological polar surface area (TPSA) is 15.3 Å². The molecule has 3 unspecified atom stereocenters. The molecule has 2 saturated heterocycles. The molecule has 0 aromatic heterocycles. The fourth-order valence-electron chi connectivity index (χ4n) is 3.14. The highest BCUT2D eigenvalue weighted by Gasteiger charge is 2.33. The molecule has 2 heterocycles. The van der Waals surface area contributed by atoms with E-state index in [9.17, 15) is 0 Å². The van der Waals surface area contributed by atoms with E-state index in [0.717, 1.165) is 18.0 Å². The average Bonchev–Trinajstić information content (AvgIpc) is 2.66. The lowest BCUT2D eigenvalue weighted by Gasteiger charge is -2.40. The van der Waals surface area contributed by atoms with Crippen LogP contribution in [-0.2, 0) is 0 Å². The molecule has 0 aromatic carbocycles. The summed E-state index contributed by atoms with van der Waals surface area (Å²) in [6.07, 6.45) is 5.60. The molecule has 2 rings (SSSR count). The molecule has 0 spiro atoms. The predicted molar refractivity (Wildman–Crippen MR) is 60.5 cm³/mol. The highest BCUT2D eigenvalue weighted by molar-refractivity contribution is 4.91. The summed E-state index contributed by atoms with van der Waals surface area (Å²) in [6.45, 7) is 8.54. The third-order valence-electron chi connectivity index (χ3n) is 4.11. The Balaban J connectivity index is 1.97. The number of piperidine rings is 1. The Morgan fingerprint density at radius 1 is 1.29 bits per heavy atom. The van der Waals surface area contributed by atoms with E-state index in [2.05, 4.69) is 24.1 Å². The first kappa shape index (κ1) is 10.4. The summed E-state index contributed by atoms with van der Waals surface area (Å²) in [5.41, 5.74) is 0. The number of hydrogen-bond donors (Lipinski definition) is 1. The van der Waals surface area contributed by atoms with Crippen molar-refractivity contribution in [1.82, 2.24) is 10.2 Å². The third kappa shape index (κ3) is 1.96. The van der Waals surface area contributed by atoms with Crippen molar-refractivity contribution in [3.8, 4) is 0 Å². The second kappa shape index (κ2) is 4.63. The van der Waals surface area contributed by atoms with Crippen molar-refractivity contribution in [2.75, 3.05) is 19.6 Å². The molecule has 0 bridgehead atoms. The molecule has 2 aliphatic rings. The van der Waals surface area contributed by atoms with Crippen LogP contribution >= 0.6 is 0 Å². The summed E-state index contributed by atoms with van der Waals surface area (Å²) < 4.78 is 0. The molecule has 0 saturated carbocycles. The first-order chi connectivity index (χ1) is 6.83. The van der Waals surface area contributed by atoms with Gasteiger partial charge in [0.15, 0.2) is 0 Å². The fraction of sp³-hybridized carbons (Fsp3) is 1.00. The van der Waals surface area contributed by atoms with Gasteiger partial charge in [-0.05, 0) is 38.8 Å². The van der Waals surface area contributed by atoms with Crippen molar-refractivity contribution in [3.63, 3.8) is 0 Å². The van der Waals surface area contributed by atoms with Gasteiger partial charge >= 0.3 is 0 Å². The highest BCUT2D eigenvalue weighted by atomic mass is 15.2. The number of nitrogens with one attached hydrogen (secondary N) is 1. The number of rotatable bonds is 2. The van der Waals surface area contributed by atoms with Gasteiger partial charge in [-0.1, -0.05) is 19.8 Å². The van der Waals surface area contributed by atoms with Crippen LogP contribution < -0.4 is 5.32 Å². The van der Waals surface area contributed by atoms with Gasteiger partial charge in [0.05, 0.1) is 0 Å². The summed E-state index contributed by atoms with van der Waals surface area (Å²) in [5.74, 6) is 0.899. The van der Waals surface area contributed by atoms with Crippen LogP contribution in [0.15, 0.2) is 0 Å². The van der Waals surface area contributed by atoms with Crippen LogP contribution in [0.25, 0.3) is 0 Å². The molecule has 3 atom stereocenters. The quantitative estimate of drug-likeness (QED) is 0.725. The van der Waals surface area contributed by atoms with Crippen molar-refractivity contribution >= 4 is 0 Å². The monoisotopic (exact) mass is 196 g/mol. The molecular weight excluding hydrogens is 172 g/mol. The molecule has 2 nitrogen and oxygen atoms in total. The Kier molecular flexibility index (Phi) is 3.45. The van der Waals surface area contributed by atoms with Crippen LogP contribution in [-0.4, -0.2) is 36.6 Å². The summed E-state index contributed by atoms with van der Waals surface area (Å²) >= 11 is 0. The van der Waals surface area contributed by atoms with Gasteiger partial charge < -0.3 is 5.32 Å². The number of likely N-dealkylation sites (tertiary alicyclic amines) is 1. The molecule has 14 heavy (non-hydrogen) atoms. The zero-order chi connectivity index (χ0) is 9.97. The minimum atomic E-state index is 0.822. The molecule has 2 heteroatoms. The molecule has 2 fully saturated rings. The Morgan fingerprint density at radius 2 is 2.14 bits per heavy atom. The van der Waals surface area contributed by atoms with E-state index in [1.807, 2.05) is 0 Å². The van der Waals surface area contributed by atoms with Crippen LogP contribution in [0.2, 0.25) is 0 Å². The molecule has 0 amide bonds. The SMILES string of the molecule is CCC1CNCC1N1CCCCC1C. The van der Waals surface area contributed by atoms with Crippen molar-refractivity contribution in [2.24, 2.45) is 5.92 Å². The maximum atomic E-state index is 3.55. The van der Waals surface area contributed by atoms with Gasteiger partial charge in [-0.25, -0.2) is 0 Å². The standard InChI is InChI=1S/C12H24N2/c1-3-11-8-13-9-12(11)14-7-5-4-6-10(14)2/h10-13H,3-9H2,1-2H3. The Hall–Kier alpha value is -0.0800. The smallest absolute Gasteiger partial charge is 0.0263 e. The summed E-state index contributed by atoms with van der Waals surface area (Å²) in [5, 5.41) is 3.55. The Morgan fingerprint density at radius 3 is 2.86 bits per heavy atom. The molecule has 82 valence electrons. The van der Waals surface area contributed by atoms with E-state index in [4.69, 9.17) is 0 Å². The number of nitrogens with zero attached hydrogens (tertiary/aromatic N) is 1. The second-order valence-corrected chi connectivity index (χ2v) is 4.98. The van der Waals surface area contributed by atoms with Crippen molar-refractivity contribution in [1.29, 1.82) is 0 Å². The lowest BCUT2D eigenvalue weighted by molar-refractivity contribution is 0.0897. The molecule has 2 aliphatic heterocycles. The Labute approximate surface area is 88.1 Å². The van der Waals surface area contributed by atoms with Crippen LogP contribution in [0.4, 0.5) is 0 Å². The van der Waals surface area contributed by atoms with Gasteiger partial charge in [0.25, 0.3) is 0 Å². The molecule has 0 aliphatic carbocycles. The van der Waals surface area contributed by atoms with Crippen LogP contribution in [0.3, 0.4) is 0 Å². The minimum Gasteiger partial charge on any atom is -0.315 e. The molecule has 0 aromatic rings. The maximum Gasteiger partial charge on any atom is 0.0263 e. The average molecular weight is 196 g/mol. The van der Waals surface area contributed by atoms with Crippen LogP contribution in [0, 0.1) is 5.92 Å². The van der Waals surface area contributed by atoms with Crippen molar-refractivity contribution in [2.45, 2.75) is 51.6 Å². The van der Waals surface area contributed by atoms with E-state index in [1.54, 1.807) is 0 Å². The first-order valence-electron chi connectivity index (χ1n) is 6.29. The zero-order valence-electron chi connectivity index (χ0n) is 9.63. The molecule has 1 N–H and O–H groups in total. The van der Waals surface area contributed by atoms with Crippen LogP contribution in [0.1, 0.15) is 39.5 Å². The Bertz CT molecular complexity index is 181.